The first-order valence-electron chi connectivity index (χ1n) is 8.33. The fourth-order valence-corrected chi connectivity index (χ4v) is 2.90. The minimum Gasteiger partial charge on any atom is -0.474 e. The van der Waals surface area contributed by atoms with E-state index in [-0.39, 0.29) is 5.54 Å². The summed E-state index contributed by atoms with van der Waals surface area (Å²) in [6.07, 6.45) is 8.42. The summed E-state index contributed by atoms with van der Waals surface area (Å²) in [5.74, 6) is 1.64. The van der Waals surface area contributed by atoms with Crippen molar-refractivity contribution in [3.05, 3.63) is 23.9 Å². The standard InChI is InChI=1S/C18H30N2O/c1-5-14-8-6-10-16(12-14)21-17-15(9-7-11-19-17)13-20-18(2,3)4/h7,9,11,14,16,20H,5-6,8,10,12-13H2,1-4H3. The first kappa shape index (κ1) is 16.3. The molecule has 0 bridgehead atoms. The number of pyridine rings is 1. The molecule has 1 aliphatic carbocycles. The van der Waals surface area contributed by atoms with Crippen molar-refractivity contribution in [3.8, 4) is 5.88 Å². The Bertz CT molecular complexity index is 439. The van der Waals surface area contributed by atoms with E-state index in [9.17, 15) is 0 Å². The predicted octanol–water partition coefficient (Wildman–Crippen LogP) is 4.32. The van der Waals surface area contributed by atoms with Crippen LogP contribution in [-0.2, 0) is 6.54 Å². The molecule has 21 heavy (non-hydrogen) atoms. The lowest BCUT2D eigenvalue weighted by Gasteiger charge is -2.29. The molecule has 0 aliphatic heterocycles. The summed E-state index contributed by atoms with van der Waals surface area (Å²) in [4.78, 5) is 4.46. The van der Waals surface area contributed by atoms with Crippen LogP contribution >= 0.6 is 0 Å². The zero-order chi connectivity index (χ0) is 15.3. The van der Waals surface area contributed by atoms with Crippen LogP contribution in [0.2, 0.25) is 0 Å². The average Bonchev–Trinajstić information content (AvgIpc) is 2.46. The third-order valence-corrected chi connectivity index (χ3v) is 4.25. The summed E-state index contributed by atoms with van der Waals surface area (Å²) in [6.45, 7) is 9.62. The van der Waals surface area contributed by atoms with Gasteiger partial charge in [0.15, 0.2) is 0 Å². The molecule has 1 heterocycles. The topological polar surface area (TPSA) is 34.1 Å². The van der Waals surface area contributed by atoms with Gasteiger partial charge in [0.2, 0.25) is 5.88 Å². The maximum Gasteiger partial charge on any atom is 0.218 e. The number of aromatic nitrogens is 1. The Morgan fingerprint density at radius 3 is 2.86 bits per heavy atom. The van der Waals surface area contributed by atoms with Crippen LogP contribution in [-0.4, -0.2) is 16.6 Å². The summed E-state index contributed by atoms with van der Waals surface area (Å²) in [7, 11) is 0. The number of nitrogens with zero attached hydrogens (tertiary/aromatic N) is 1. The highest BCUT2D eigenvalue weighted by molar-refractivity contribution is 5.25. The van der Waals surface area contributed by atoms with E-state index >= 15 is 0 Å². The van der Waals surface area contributed by atoms with Crippen molar-refractivity contribution in [3.63, 3.8) is 0 Å². The van der Waals surface area contributed by atoms with Gasteiger partial charge in [-0.25, -0.2) is 4.98 Å². The van der Waals surface area contributed by atoms with E-state index in [0.717, 1.165) is 23.9 Å². The van der Waals surface area contributed by atoms with Gasteiger partial charge in [0.1, 0.15) is 6.10 Å². The summed E-state index contributed by atoms with van der Waals surface area (Å²) in [5.41, 5.74) is 1.26. The molecule has 0 saturated heterocycles. The van der Waals surface area contributed by atoms with Gasteiger partial charge in [-0.3, -0.25) is 0 Å². The van der Waals surface area contributed by atoms with Crippen molar-refractivity contribution in [2.45, 2.75) is 78.0 Å². The molecule has 2 unspecified atom stereocenters. The van der Waals surface area contributed by atoms with Gasteiger partial charge < -0.3 is 10.1 Å². The van der Waals surface area contributed by atoms with Crippen LogP contribution in [0.5, 0.6) is 5.88 Å². The highest BCUT2D eigenvalue weighted by atomic mass is 16.5. The van der Waals surface area contributed by atoms with Gasteiger partial charge in [0.25, 0.3) is 0 Å². The summed E-state index contributed by atoms with van der Waals surface area (Å²) >= 11 is 0. The molecule has 2 rings (SSSR count). The third-order valence-electron chi connectivity index (χ3n) is 4.25. The van der Waals surface area contributed by atoms with Crippen LogP contribution in [0.25, 0.3) is 0 Å². The lowest BCUT2D eigenvalue weighted by Crippen LogP contribution is -2.35. The molecular weight excluding hydrogens is 260 g/mol. The summed E-state index contributed by atoms with van der Waals surface area (Å²) in [6, 6.07) is 4.10. The van der Waals surface area contributed by atoms with Gasteiger partial charge in [-0.1, -0.05) is 25.8 Å². The molecule has 3 heteroatoms. The minimum absolute atomic E-state index is 0.102. The molecule has 1 N–H and O–H groups in total. The zero-order valence-electron chi connectivity index (χ0n) is 14.0. The van der Waals surface area contributed by atoms with E-state index in [4.69, 9.17) is 4.74 Å². The van der Waals surface area contributed by atoms with Crippen molar-refractivity contribution in [1.29, 1.82) is 0 Å². The van der Waals surface area contributed by atoms with Crippen LogP contribution in [0.3, 0.4) is 0 Å². The maximum absolute atomic E-state index is 6.23. The monoisotopic (exact) mass is 290 g/mol. The number of rotatable bonds is 5. The molecule has 118 valence electrons. The van der Waals surface area contributed by atoms with Crippen LogP contribution in [0.1, 0.15) is 65.4 Å². The van der Waals surface area contributed by atoms with Gasteiger partial charge in [-0.2, -0.15) is 0 Å². The quantitative estimate of drug-likeness (QED) is 0.877. The van der Waals surface area contributed by atoms with Gasteiger partial charge >= 0.3 is 0 Å². The normalized spacial score (nSPS) is 23.0. The Balaban J connectivity index is 1.99. The van der Waals surface area contributed by atoms with E-state index in [1.807, 2.05) is 12.3 Å². The SMILES string of the molecule is CCC1CCCC(Oc2ncccc2CNC(C)(C)C)C1. The smallest absolute Gasteiger partial charge is 0.218 e. The maximum atomic E-state index is 6.23. The second kappa shape index (κ2) is 7.26. The Morgan fingerprint density at radius 1 is 1.33 bits per heavy atom. The Kier molecular flexibility index (Phi) is 5.63. The molecule has 1 aliphatic rings. The van der Waals surface area contributed by atoms with E-state index in [2.05, 4.69) is 44.1 Å². The van der Waals surface area contributed by atoms with E-state index < -0.39 is 0 Å². The van der Waals surface area contributed by atoms with Gasteiger partial charge in [0, 0.05) is 23.8 Å². The van der Waals surface area contributed by atoms with Crippen molar-refractivity contribution < 1.29 is 4.74 Å². The zero-order valence-corrected chi connectivity index (χ0v) is 14.0. The van der Waals surface area contributed by atoms with E-state index in [0.29, 0.717) is 6.10 Å². The van der Waals surface area contributed by atoms with Crippen LogP contribution < -0.4 is 10.1 Å². The number of hydrogen-bond acceptors (Lipinski definition) is 3. The number of nitrogens with one attached hydrogen (secondary N) is 1. The second-order valence-electron chi connectivity index (χ2n) is 7.25. The van der Waals surface area contributed by atoms with Crippen molar-refractivity contribution >= 4 is 0 Å². The van der Waals surface area contributed by atoms with E-state index in [1.165, 1.54) is 32.1 Å². The van der Waals surface area contributed by atoms with E-state index in [1.54, 1.807) is 0 Å². The molecule has 0 amide bonds. The molecule has 1 aromatic heterocycles. The van der Waals surface area contributed by atoms with Crippen molar-refractivity contribution in [1.82, 2.24) is 10.3 Å². The van der Waals surface area contributed by atoms with Gasteiger partial charge in [-0.15, -0.1) is 0 Å². The first-order valence-corrected chi connectivity index (χ1v) is 8.33. The molecule has 3 nitrogen and oxygen atoms in total. The van der Waals surface area contributed by atoms with Crippen LogP contribution in [0, 0.1) is 5.92 Å². The lowest BCUT2D eigenvalue weighted by atomic mass is 9.85. The van der Waals surface area contributed by atoms with Crippen LogP contribution in [0.15, 0.2) is 18.3 Å². The number of hydrogen-bond donors (Lipinski definition) is 1. The van der Waals surface area contributed by atoms with Crippen molar-refractivity contribution in [2.24, 2.45) is 5.92 Å². The number of ether oxygens (including phenoxy) is 1. The molecule has 0 spiro atoms. The molecule has 0 aromatic carbocycles. The average molecular weight is 290 g/mol. The molecular formula is C18H30N2O. The second-order valence-corrected chi connectivity index (χ2v) is 7.25. The highest BCUT2D eigenvalue weighted by Crippen LogP contribution is 2.30. The predicted molar refractivity (Wildman–Crippen MR) is 87.5 cm³/mol. The molecule has 1 saturated carbocycles. The van der Waals surface area contributed by atoms with Gasteiger partial charge in [-0.05, 0) is 52.0 Å². The van der Waals surface area contributed by atoms with Gasteiger partial charge in [0.05, 0.1) is 0 Å². The fraction of sp³-hybridized carbons (Fsp3) is 0.722. The minimum atomic E-state index is 0.102. The Hall–Kier alpha value is -1.09. The Labute approximate surface area is 129 Å². The molecule has 0 radical (unpaired) electrons. The highest BCUT2D eigenvalue weighted by Gasteiger charge is 2.23. The third kappa shape index (κ3) is 5.31. The summed E-state index contributed by atoms with van der Waals surface area (Å²) < 4.78 is 6.23. The largest absolute Gasteiger partial charge is 0.474 e. The Morgan fingerprint density at radius 2 is 2.14 bits per heavy atom. The lowest BCUT2D eigenvalue weighted by molar-refractivity contribution is 0.115. The molecule has 1 fully saturated rings. The van der Waals surface area contributed by atoms with Crippen LogP contribution in [0.4, 0.5) is 0 Å². The summed E-state index contributed by atoms with van der Waals surface area (Å²) in [5, 5.41) is 3.52. The molecule has 1 aromatic rings. The van der Waals surface area contributed by atoms with Crippen molar-refractivity contribution in [2.75, 3.05) is 0 Å². The fourth-order valence-electron chi connectivity index (χ4n) is 2.90. The first-order chi connectivity index (χ1) is 9.98. The molecule has 2 atom stereocenters.